The Morgan fingerprint density at radius 2 is 1.79 bits per heavy atom. The number of aromatic amines is 1. The number of benzene rings is 2. The van der Waals surface area contributed by atoms with Crippen molar-refractivity contribution >= 4 is 0 Å². The van der Waals surface area contributed by atoms with Crippen molar-refractivity contribution < 1.29 is 23.7 Å². The van der Waals surface area contributed by atoms with Crippen LogP contribution in [0.5, 0.6) is 28.9 Å². The molecule has 1 aromatic heterocycles. The van der Waals surface area contributed by atoms with E-state index in [1.807, 2.05) is 31.2 Å². The summed E-state index contributed by atoms with van der Waals surface area (Å²) in [6.07, 6.45) is 0.846. The molecule has 0 saturated carbocycles. The van der Waals surface area contributed by atoms with Gasteiger partial charge in [0.1, 0.15) is 17.4 Å². The lowest BCUT2D eigenvalue weighted by Gasteiger charge is -2.26. The molecule has 1 aliphatic heterocycles. The zero-order valence-electron chi connectivity index (χ0n) is 19.5. The highest BCUT2D eigenvalue weighted by Gasteiger charge is 2.37. The molecule has 4 rings (SSSR count). The molecule has 0 saturated heterocycles. The van der Waals surface area contributed by atoms with Gasteiger partial charge in [0, 0.05) is 11.1 Å². The number of nitriles is 1. The topological polar surface area (TPSA) is 125 Å². The van der Waals surface area contributed by atoms with E-state index in [9.17, 15) is 5.26 Å². The number of methoxy groups -OCH3 is 3. The molecule has 2 heterocycles. The van der Waals surface area contributed by atoms with E-state index in [-0.39, 0.29) is 17.3 Å². The fraction of sp³-hybridized carbons (Fsp3) is 0.280. The maximum Gasteiger partial charge on any atom is 0.244 e. The molecule has 1 atom stereocenters. The van der Waals surface area contributed by atoms with Gasteiger partial charge in [-0.25, -0.2) is 0 Å². The van der Waals surface area contributed by atoms with Crippen molar-refractivity contribution in [3.05, 3.63) is 59.0 Å². The number of allylic oxidation sites excluding steroid dienone is 1. The van der Waals surface area contributed by atoms with Gasteiger partial charge in [0.05, 0.1) is 45.1 Å². The number of fused-ring (bicyclic) bond motifs is 1. The van der Waals surface area contributed by atoms with Crippen LogP contribution in [-0.4, -0.2) is 38.1 Å². The molecule has 176 valence electrons. The number of H-pyrrole nitrogens is 1. The number of para-hydroxylation sites is 1. The number of hydrogen-bond acceptors (Lipinski definition) is 8. The minimum absolute atomic E-state index is 0.00763. The van der Waals surface area contributed by atoms with Gasteiger partial charge in [-0.3, -0.25) is 5.10 Å². The van der Waals surface area contributed by atoms with Crippen LogP contribution < -0.4 is 29.4 Å². The van der Waals surface area contributed by atoms with Crippen LogP contribution in [-0.2, 0) is 0 Å². The Balaban J connectivity index is 1.95. The monoisotopic (exact) mass is 462 g/mol. The van der Waals surface area contributed by atoms with E-state index in [2.05, 4.69) is 16.3 Å². The summed E-state index contributed by atoms with van der Waals surface area (Å²) < 4.78 is 28.2. The molecule has 0 amide bonds. The molecule has 3 N–H and O–H groups in total. The third kappa shape index (κ3) is 3.83. The van der Waals surface area contributed by atoms with Gasteiger partial charge in [-0.1, -0.05) is 25.1 Å². The lowest BCUT2D eigenvalue weighted by atomic mass is 9.82. The first-order valence-corrected chi connectivity index (χ1v) is 10.8. The molecule has 0 aliphatic carbocycles. The van der Waals surface area contributed by atoms with Crippen LogP contribution in [0.15, 0.2) is 47.9 Å². The minimum atomic E-state index is -0.561. The average Bonchev–Trinajstić information content (AvgIpc) is 3.29. The van der Waals surface area contributed by atoms with Gasteiger partial charge in [0.25, 0.3) is 0 Å². The summed E-state index contributed by atoms with van der Waals surface area (Å²) >= 11 is 0. The molecule has 0 radical (unpaired) electrons. The fourth-order valence-corrected chi connectivity index (χ4v) is 4.06. The first kappa shape index (κ1) is 22.9. The van der Waals surface area contributed by atoms with Crippen molar-refractivity contribution in [1.29, 1.82) is 5.26 Å². The molecular formula is C25H26N4O5. The Labute approximate surface area is 197 Å². The molecule has 0 unspecified atom stereocenters. The van der Waals surface area contributed by atoms with E-state index in [1.54, 1.807) is 33.5 Å². The lowest BCUT2D eigenvalue weighted by Crippen LogP contribution is -2.21. The highest BCUT2D eigenvalue weighted by atomic mass is 16.5. The third-order valence-electron chi connectivity index (χ3n) is 5.58. The zero-order valence-corrected chi connectivity index (χ0v) is 19.5. The quantitative estimate of drug-likeness (QED) is 0.512. The van der Waals surface area contributed by atoms with Crippen molar-refractivity contribution in [2.75, 3.05) is 27.9 Å². The van der Waals surface area contributed by atoms with Gasteiger partial charge in [-0.15, -0.1) is 5.10 Å². The summed E-state index contributed by atoms with van der Waals surface area (Å²) in [5.41, 5.74) is 9.20. The van der Waals surface area contributed by atoms with Crippen molar-refractivity contribution in [1.82, 2.24) is 10.2 Å². The van der Waals surface area contributed by atoms with Gasteiger partial charge in [0.15, 0.2) is 11.5 Å². The van der Waals surface area contributed by atoms with Gasteiger partial charge in [-0.05, 0) is 24.6 Å². The van der Waals surface area contributed by atoms with E-state index in [0.717, 1.165) is 12.0 Å². The molecule has 0 bridgehead atoms. The highest BCUT2D eigenvalue weighted by molar-refractivity contribution is 5.75. The summed E-state index contributed by atoms with van der Waals surface area (Å²) in [4.78, 5) is 0. The molecule has 3 aromatic rings. The lowest BCUT2D eigenvalue weighted by molar-refractivity contribution is 0.312. The van der Waals surface area contributed by atoms with E-state index in [0.29, 0.717) is 46.4 Å². The third-order valence-corrected chi connectivity index (χ3v) is 5.58. The highest BCUT2D eigenvalue weighted by Crippen LogP contribution is 2.49. The number of rotatable bonds is 8. The predicted molar refractivity (Wildman–Crippen MR) is 125 cm³/mol. The Morgan fingerprint density at radius 3 is 2.41 bits per heavy atom. The zero-order chi connectivity index (χ0) is 24.2. The van der Waals surface area contributed by atoms with Crippen molar-refractivity contribution in [2.45, 2.75) is 19.3 Å². The predicted octanol–water partition coefficient (Wildman–Crippen LogP) is 4.11. The van der Waals surface area contributed by atoms with E-state index in [1.165, 1.54) is 0 Å². The largest absolute Gasteiger partial charge is 0.493 e. The molecule has 0 spiro atoms. The first-order chi connectivity index (χ1) is 16.6. The maximum atomic E-state index is 10.0. The number of nitrogens with zero attached hydrogens (tertiary/aromatic N) is 2. The summed E-state index contributed by atoms with van der Waals surface area (Å²) in [5, 5.41) is 17.4. The maximum absolute atomic E-state index is 10.0. The SMILES string of the molecule is CCCOc1ccccc1[C@H]1C(C#N)=C(N)Oc2n[nH]c(-c3cc(OC)c(OC)c(OC)c3)c21. The van der Waals surface area contributed by atoms with Crippen LogP contribution in [0.4, 0.5) is 0 Å². The van der Waals surface area contributed by atoms with Gasteiger partial charge in [-0.2, -0.15) is 5.26 Å². The van der Waals surface area contributed by atoms with Crippen LogP contribution in [0.25, 0.3) is 11.3 Å². The normalized spacial score (nSPS) is 14.6. The summed E-state index contributed by atoms with van der Waals surface area (Å²) in [7, 11) is 4.64. The molecule has 1 aliphatic rings. The Morgan fingerprint density at radius 1 is 1.09 bits per heavy atom. The van der Waals surface area contributed by atoms with Crippen LogP contribution in [0.3, 0.4) is 0 Å². The van der Waals surface area contributed by atoms with Crippen molar-refractivity contribution in [3.63, 3.8) is 0 Å². The molecule has 2 aromatic carbocycles. The van der Waals surface area contributed by atoms with Crippen LogP contribution >= 0.6 is 0 Å². The van der Waals surface area contributed by atoms with Crippen molar-refractivity contribution in [2.24, 2.45) is 5.73 Å². The molecular weight excluding hydrogens is 436 g/mol. The summed E-state index contributed by atoms with van der Waals surface area (Å²) in [5.74, 6) is 1.83. The minimum Gasteiger partial charge on any atom is -0.493 e. The van der Waals surface area contributed by atoms with Gasteiger partial charge < -0.3 is 29.4 Å². The summed E-state index contributed by atoms with van der Waals surface area (Å²) in [6.45, 7) is 2.58. The Kier molecular flexibility index (Phi) is 6.50. The van der Waals surface area contributed by atoms with Crippen LogP contribution in [0.2, 0.25) is 0 Å². The van der Waals surface area contributed by atoms with Gasteiger partial charge in [0.2, 0.25) is 17.5 Å². The number of nitrogens with two attached hydrogens (primary N) is 1. The van der Waals surface area contributed by atoms with Crippen LogP contribution in [0.1, 0.15) is 30.4 Å². The number of aromatic nitrogens is 2. The van der Waals surface area contributed by atoms with E-state index < -0.39 is 5.92 Å². The van der Waals surface area contributed by atoms with E-state index in [4.69, 9.17) is 29.4 Å². The second kappa shape index (κ2) is 9.67. The smallest absolute Gasteiger partial charge is 0.244 e. The molecule has 9 heteroatoms. The molecule has 9 nitrogen and oxygen atoms in total. The summed E-state index contributed by atoms with van der Waals surface area (Å²) in [6, 6.07) is 13.4. The van der Waals surface area contributed by atoms with Crippen LogP contribution in [0, 0.1) is 11.3 Å². The molecule has 34 heavy (non-hydrogen) atoms. The standard InChI is InChI=1S/C25H26N4O5/c1-5-10-33-17-9-7-6-8-15(17)20-16(13-26)24(27)34-25-21(20)22(28-29-25)14-11-18(30-2)23(32-4)19(12-14)31-3/h6-9,11-12,20H,5,10,27H2,1-4H3,(H,28,29)/t20-/m0/s1. The Hall–Kier alpha value is -4.32. The van der Waals surface area contributed by atoms with E-state index >= 15 is 0 Å². The average molecular weight is 463 g/mol. The Bertz CT molecular complexity index is 1250. The first-order valence-electron chi connectivity index (χ1n) is 10.8. The molecule has 0 fully saturated rings. The second-order valence-electron chi connectivity index (χ2n) is 7.54. The fourth-order valence-electron chi connectivity index (χ4n) is 4.06. The van der Waals surface area contributed by atoms with Gasteiger partial charge >= 0.3 is 0 Å². The van der Waals surface area contributed by atoms with Crippen molar-refractivity contribution in [3.8, 4) is 46.2 Å². The number of ether oxygens (including phenoxy) is 5. The number of nitrogens with one attached hydrogen (secondary N) is 1. The number of hydrogen-bond donors (Lipinski definition) is 2. The second-order valence-corrected chi connectivity index (χ2v) is 7.54.